The van der Waals surface area contributed by atoms with Crippen LogP contribution in [0.25, 0.3) is 10.4 Å². The van der Waals surface area contributed by atoms with E-state index in [4.69, 9.17) is 10.3 Å². The van der Waals surface area contributed by atoms with Gasteiger partial charge in [-0.05, 0) is 43.9 Å². The molecular formula is C25H33N5O3. The lowest BCUT2D eigenvalue weighted by atomic mass is 9.98. The molecule has 176 valence electrons. The Labute approximate surface area is 195 Å². The Morgan fingerprint density at radius 1 is 1.15 bits per heavy atom. The lowest BCUT2D eigenvalue weighted by Gasteiger charge is -2.32. The van der Waals surface area contributed by atoms with Crippen molar-refractivity contribution in [1.82, 2.24) is 9.80 Å². The van der Waals surface area contributed by atoms with Crippen molar-refractivity contribution < 1.29 is 14.6 Å². The summed E-state index contributed by atoms with van der Waals surface area (Å²) in [5.41, 5.74) is 9.27. The average Bonchev–Trinajstić information content (AvgIpc) is 3.09. The number of amides is 1. The van der Waals surface area contributed by atoms with Gasteiger partial charge in [-0.1, -0.05) is 65.8 Å². The number of hydrogen-bond donors (Lipinski definition) is 1. The van der Waals surface area contributed by atoms with Crippen LogP contribution in [-0.4, -0.2) is 57.9 Å². The van der Waals surface area contributed by atoms with Crippen LogP contribution < -0.4 is 0 Å². The highest BCUT2D eigenvalue weighted by Crippen LogP contribution is 2.31. The van der Waals surface area contributed by atoms with Crippen LogP contribution >= 0.6 is 0 Å². The van der Waals surface area contributed by atoms with Gasteiger partial charge in [-0.3, -0.25) is 4.90 Å². The van der Waals surface area contributed by atoms with E-state index in [1.807, 2.05) is 36.4 Å². The molecule has 0 aliphatic carbocycles. The molecule has 0 spiro atoms. The quantitative estimate of drug-likeness (QED) is 0.356. The summed E-state index contributed by atoms with van der Waals surface area (Å²) in [6.07, 6.45) is -0.194. The smallest absolute Gasteiger partial charge is 0.410 e. The number of ether oxygens (including phenoxy) is 1. The first-order valence-corrected chi connectivity index (χ1v) is 11.2. The number of azide groups is 1. The molecule has 1 saturated heterocycles. The highest BCUT2D eigenvalue weighted by Gasteiger charge is 2.46. The fourth-order valence-corrected chi connectivity index (χ4v) is 4.27. The molecule has 0 saturated carbocycles. The Balaban J connectivity index is 1.80. The van der Waals surface area contributed by atoms with Crippen molar-refractivity contribution in [3.8, 4) is 0 Å². The molecule has 2 atom stereocenters. The Hall–Kier alpha value is -3.06. The highest BCUT2D eigenvalue weighted by atomic mass is 16.6. The van der Waals surface area contributed by atoms with Crippen molar-refractivity contribution in [3.05, 3.63) is 82.2 Å². The molecule has 1 fully saturated rings. The third kappa shape index (κ3) is 7.49. The molecule has 0 aromatic heterocycles. The predicted molar refractivity (Wildman–Crippen MR) is 127 cm³/mol. The first-order chi connectivity index (χ1) is 15.7. The molecule has 1 amide bonds. The predicted octanol–water partition coefficient (Wildman–Crippen LogP) is 4.74. The van der Waals surface area contributed by atoms with Crippen molar-refractivity contribution in [2.45, 2.75) is 57.5 Å². The molecule has 3 rings (SSSR count). The fraction of sp³-hybridized carbons (Fsp3) is 0.480. The van der Waals surface area contributed by atoms with E-state index in [0.717, 1.165) is 11.1 Å². The van der Waals surface area contributed by atoms with Crippen molar-refractivity contribution in [2.24, 2.45) is 5.11 Å². The monoisotopic (exact) mass is 451 g/mol. The maximum absolute atomic E-state index is 12.8. The Morgan fingerprint density at radius 3 is 2.18 bits per heavy atom. The third-order valence-corrected chi connectivity index (χ3v) is 5.52. The third-order valence-electron chi connectivity index (χ3n) is 5.52. The lowest BCUT2D eigenvalue weighted by Crippen LogP contribution is -2.46. The van der Waals surface area contributed by atoms with Gasteiger partial charge in [-0.2, -0.15) is 0 Å². The van der Waals surface area contributed by atoms with Gasteiger partial charge < -0.3 is 14.7 Å². The van der Waals surface area contributed by atoms with Crippen LogP contribution in [0.1, 0.15) is 38.3 Å². The van der Waals surface area contributed by atoms with E-state index in [0.29, 0.717) is 26.1 Å². The summed E-state index contributed by atoms with van der Waals surface area (Å²) < 4.78 is 5.55. The molecule has 8 heteroatoms. The van der Waals surface area contributed by atoms with Gasteiger partial charge in [0, 0.05) is 37.1 Å². The van der Waals surface area contributed by atoms with E-state index < -0.39 is 23.3 Å². The SMILES string of the molecule is CC(C)(C)OC(=O)N1CC(O)(CN(Cc2ccccc2)Cc2ccccc2)C[C@H]1CN=[N+]=[N-]. The standard InChI is InChI=1S/C25H33N5O3/c1-24(2,3)33-23(31)30-19-25(32,14-22(30)15-27-28-26)18-29(16-20-10-6-4-7-11-20)17-21-12-8-5-9-13-21/h4-13,22,32H,14-19H2,1-3H3/t22-,25?/m0/s1. The molecule has 0 radical (unpaired) electrons. The van der Waals surface area contributed by atoms with Gasteiger partial charge in [0.1, 0.15) is 5.60 Å². The van der Waals surface area contributed by atoms with Crippen LogP contribution in [0.15, 0.2) is 65.8 Å². The first-order valence-electron chi connectivity index (χ1n) is 11.2. The fourth-order valence-electron chi connectivity index (χ4n) is 4.27. The number of β-amino-alcohol motifs (C(OH)–C–C–N with tert-alkyl or cyclic N) is 1. The van der Waals surface area contributed by atoms with Gasteiger partial charge in [-0.15, -0.1) is 0 Å². The van der Waals surface area contributed by atoms with Gasteiger partial charge in [0.15, 0.2) is 0 Å². The zero-order chi connectivity index (χ0) is 23.9. The highest BCUT2D eigenvalue weighted by molar-refractivity contribution is 5.69. The number of likely N-dealkylation sites (tertiary alicyclic amines) is 1. The molecule has 0 bridgehead atoms. The molecule has 33 heavy (non-hydrogen) atoms. The van der Waals surface area contributed by atoms with Crippen LogP contribution in [0.2, 0.25) is 0 Å². The van der Waals surface area contributed by atoms with E-state index in [1.165, 1.54) is 4.90 Å². The maximum Gasteiger partial charge on any atom is 0.410 e. The number of rotatable bonds is 8. The van der Waals surface area contributed by atoms with Crippen LogP contribution in [0.4, 0.5) is 4.79 Å². The molecule has 1 heterocycles. The minimum absolute atomic E-state index is 0.0927. The Bertz CT molecular complexity index is 916. The average molecular weight is 452 g/mol. The number of carbonyl (C=O) groups is 1. The largest absolute Gasteiger partial charge is 0.444 e. The lowest BCUT2D eigenvalue weighted by molar-refractivity contribution is -0.00373. The number of carbonyl (C=O) groups excluding carboxylic acids is 1. The van der Waals surface area contributed by atoms with Gasteiger partial charge >= 0.3 is 6.09 Å². The molecule has 1 N–H and O–H groups in total. The second-order valence-electron chi connectivity index (χ2n) is 9.72. The molecule has 2 aromatic rings. The number of benzene rings is 2. The van der Waals surface area contributed by atoms with E-state index in [1.54, 1.807) is 20.8 Å². The van der Waals surface area contributed by atoms with Crippen LogP contribution in [-0.2, 0) is 17.8 Å². The van der Waals surface area contributed by atoms with Crippen molar-refractivity contribution in [1.29, 1.82) is 0 Å². The van der Waals surface area contributed by atoms with Gasteiger partial charge in [-0.25, -0.2) is 4.79 Å². The Morgan fingerprint density at radius 2 is 1.70 bits per heavy atom. The summed E-state index contributed by atoms with van der Waals surface area (Å²) in [6.45, 7) is 7.30. The van der Waals surface area contributed by atoms with Crippen molar-refractivity contribution >= 4 is 6.09 Å². The maximum atomic E-state index is 12.8. The van der Waals surface area contributed by atoms with E-state index >= 15 is 0 Å². The first kappa shape index (κ1) is 24.6. The van der Waals surface area contributed by atoms with Crippen LogP contribution in [0.5, 0.6) is 0 Å². The van der Waals surface area contributed by atoms with Crippen molar-refractivity contribution in [2.75, 3.05) is 19.6 Å². The van der Waals surface area contributed by atoms with E-state index in [-0.39, 0.29) is 13.1 Å². The second-order valence-corrected chi connectivity index (χ2v) is 9.72. The summed E-state index contributed by atoms with van der Waals surface area (Å²) in [4.78, 5) is 19.4. The minimum atomic E-state index is -1.16. The van der Waals surface area contributed by atoms with E-state index in [9.17, 15) is 9.90 Å². The van der Waals surface area contributed by atoms with Crippen LogP contribution in [0, 0.1) is 0 Å². The summed E-state index contributed by atoms with van der Waals surface area (Å²) in [6, 6.07) is 19.8. The topological polar surface area (TPSA) is 102 Å². The van der Waals surface area contributed by atoms with Gasteiger partial charge in [0.05, 0.1) is 12.1 Å². The van der Waals surface area contributed by atoms with E-state index in [2.05, 4.69) is 39.2 Å². The normalized spacial score (nSPS) is 20.5. The molecule has 2 aromatic carbocycles. The zero-order valence-electron chi connectivity index (χ0n) is 19.6. The Kier molecular flexibility index (Phi) is 7.97. The molecule has 1 aliphatic rings. The van der Waals surface area contributed by atoms with Gasteiger partial charge in [0.2, 0.25) is 0 Å². The number of nitrogens with zero attached hydrogens (tertiary/aromatic N) is 5. The second kappa shape index (κ2) is 10.7. The van der Waals surface area contributed by atoms with Crippen LogP contribution in [0.3, 0.4) is 0 Å². The minimum Gasteiger partial charge on any atom is -0.444 e. The molecule has 1 unspecified atom stereocenters. The summed E-state index contributed by atoms with van der Waals surface area (Å²) in [5.74, 6) is 0. The molecule has 1 aliphatic heterocycles. The van der Waals surface area contributed by atoms with Gasteiger partial charge in [0.25, 0.3) is 0 Å². The summed E-state index contributed by atoms with van der Waals surface area (Å²) in [7, 11) is 0. The molecular weight excluding hydrogens is 418 g/mol. The summed E-state index contributed by atoms with van der Waals surface area (Å²) >= 11 is 0. The van der Waals surface area contributed by atoms with Crippen molar-refractivity contribution in [3.63, 3.8) is 0 Å². The summed E-state index contributed by atoms with van der Waals surface area (Å²) in [5, 5.41) is 15.2. The zero-order valence-corrected chi connectivity index (χ0v) is 19.6. The number of aliphatic hydroxyl groups is 1. The molecule has 8 nitrogen and oxygen atoms in total. The number of hydrogen-bond acceptors (Lipinski definition) is 5.